The first-order valence-corrected chi connectivity index (χ1v) is 19.5. The van der Waals surface area contributed by atoms with Crippen LogP contribution in [0.15, 0.2) is 61.2 Å². The summed E-state index contributed by atoms with van der Waals surface area (Å²) in [5, 5.41) is 9.26. The molecule has 2 fully saturated rings. The number of pyridine rings is 2. The van der Waals surface area contributed by atoms with Gasteiger partial charge in [0.25, 0.3) is 11.8 Å². The number of esters is 1. The van der Waals surface area contributed by atoms with E-state index in [1.165, 1.54) is 62.2 Å². The predicted molar refractivity (Wildman–Crippen MR) is 214 cm³/mol. The number of benzene rings is 2. The van der Waals surface area contributed by atoms with Crippen LogP contribution in [0.4, 0.5) is 28.9 Å². The average molecular weight is 937 g/mol. The van der Waals surface area contributed by atoms with Crippen molar-refractivity contribution in [2.75, 3.05) is 43.2 Å². The molecule has 14 nitrogen and oxygen atoms in total. The van der Waals surface area contributed by atoms with E-state index < -0.39 is 50.1 Å². The molecule has 0 unspecified atom stereocenters. The Morgan fingerprint density at radius 2 is 1.03 bits per heavy atom. The third-order valence-corrected chi connectivity index (χ3v) is 9.76. The molecule has 2 aliphatic carbocycles. The number of hydrogen-bond acceptors (Lipinski definition) is 11. The topological polar surface area (TPSA) is 167 Å². The third kappa shape index (κ3) is 13.3. The van der Waals surface area contributed by atoms with Crippen LogP contribution >= 0.6 is 46.4 Å². The van der Waals surface area contributed by atoms with Gasteiger partial charge in [-0.1, -0.05) is 46.4 Å². The second-order valence-corrected chi connectivity index (χ2v) is 14.9. The lowest BCUT2D eigenvalue weighted by Gasteiger charge is -2.24. The van der Waals surface area contributed by atoms with Crippen LogP contribution in [-0.2, 0) is 14.3 Å². The lowest BCUT2D eigenvalue weighted by molar-refractivity contribution is -0.139. The van der Waals surface area contributed by atoms with E-state index in [4.69, 9.17) is 55.9 Å². The van der Waals surface area contributed by atoms with Crippen LogP contribution in [0.1, 0.15) is 46.4 Å². The Bertz CT molecular complexity index is 2200. The summed E-state index contributed by atoms with van der Waals surface area (Å²) in [5.74, 6) is -3.31. The highest BCUT2D eigenvalue weighted by atomic mass is 35.5. The molecule has 2 heterocycles. The highest BCUT2D eigenvalue weighted by Crippen LogP contribution is 2.39. The number of carboxylic acid groups (broad SMARTS) is 1. The fourth-order valence-corrected chi connectivity index (χ4v) is 6.49. The van der Waals surface area contributed by atoms with Gasteiger partial charge in [-0.05, 0) is 73.9 Å². The van der Waals surface area contributed by atoms with Crippen molar-refractivity contribution in [2.45, 2.75) is 38.9 Å². The molecule has 22 heteroatoms. The van der Waals surface area contributed by atoms with E-state index in [0.29, 0.717) is 18.4 Å². The maximum Gasteiger partial charge on any atom is 0.387 e. The fourth-order valence-electron chi connectivity index (χ4n) is 5.35. The van der Waals surface area contributed by atoms with E-state index in [1.807, 2.05) is 0 Å². The summed E-state index contributed by atoms with van der Waals surface area (Å²) < 4.78 is 75.7. The number of anilines is 2. The molecule has 0 aliphatic heterocycles. The number of ether oxygens (including phenoxy) is 5. The van der Waals surface area contributed by atoms with Gasteiger partial charge >= 0.3 is 25.2 Å². The largest absolute Gasteiger partial charge is 0.489 e. The van der Waals surface area contributed by atoms with Gasteiger partial charge in [0.15, 0.2) is 23.0 Å². The van der Waals surface area contributed by atoms with Crippen LogP contribution in [0.3, 0.4) is 0 Å². The van der Waals surface area contributed by atoms with Gasteiger partial charge in [0, 0.05) is 35.9 Å². The minimum absolute atomic E-state index is 0.0111. The van der Waals surface area contributed by atoms with Gasteiger partial charge in [-0.3, -0.25) is 38.9 Å². The monoisotopic (exact) mass is 934 g/mol. The van der Waals surface area contributed by atoms with Gasteiger partial charge in [-0.2, -0.15) is 17.6 Å². The lowest BCUT2D eigenvalue weighted by Crippen LogP contribution is -2.36. The number of amides is 2. The van der Waals surface area contributed by atoms with Crippen molar-refractivity contribution in [2.24, 2.45) is 11.8 Å². The normalized spacial score (nSPS) is 13.2. The zero-order valence-electron chi connectivity index (χ0n) is 31.7. The molecular weight excluding hydrogens is 902 g/mol. The van der Waals surface area contributed by atoms with Crippen LogP contribution in [0.25, 0.3) is 0 Å². The molecule has 326 valence electrons. The maximum atomic E-state index is 13.3. The van der Waals surface area contributed by atoms with Crippen molar-refractivity contribution < 1.29 is 65.5 Å². The third-order valence-electron chi connectivity index (χ3n) is 8.65. The van der Waals surface area contributed by atoms with Crippen LogP contribution in [0.2, 0.25) is 20.1 Å². The number of alkyl halides is 4. The first kappa shape index (κ1) is 46.8. The Morgan fingerprint density at radius 3 is 1.36 bits per heavy atom. The van der Waals surface area contributed by atoms with Crippen molar-refractivity contribution in [1.82, 2.24) is 9.97 Å². The van der Waals surface area contributed by atoms with Gasteiger partial charge in [0.2, 0.25) is 0 Å². The number of carbonyl (C=O) groups is 4. The van der Waals surface area contributed by atoms with Gasteiger partial charge in [0.1, 0.15) is 13.1 Å². The van der Waals surface area contributed by atoms with Crippen molar-refractivity contribution in [1.29, 1.82) is 0 Å². The molecule has 1 N–H and O–H groups in total. The van der Waals surface area contributed by atoms with Gasteiger partial charge in [0.05, 0.1) is 51.8 Å². The summed E-state index contributed by atoms with van der Waals surface area (Å²) in [6.07, 6.45) is 8.87. The van der Waals surface area contributed by atoms with Gasteiger partial charge in [-0.25, -0.2) is 0 Å². The Hall–Kier alpha value is -5.30. The fraction of sp³-hybridized carbons (Fsp3) is 0.333. The van der Waals surface area contributed by atoms with E-state index in [1.54, 1.807) is 0 Å². The molecule has 0 atom stereocenters. The first-order valence-electron chi connectivity index (χ1n) is 18.0. The van der Waals surface area contributed by atoms with Crippen molar-refractivity contribution in [3.63, 3.8) is 0 Å². The Labute approximate surface area is 365 Å². The molecule has 2 aromatic carbocycles. The lowest BCUT2D eigenvalue weighted by atomic mass is 10.1. The predicted octanol–water partition coefficient (Wildman–Crippen LogP) is 9.11. The second kappa shape index (κ2) is 21.5. The van der Waals surface area contributed by atoms with Crippen molar-refractivity contribution in [3.05, 3.63) is 92.4 Å². The summed E-state index contributed by atoms with van der Waals surface area (Å²) in [6.45, 7) is -6.77. The summed E-state index contributed by atoms with van der Waals surface area (Å²) in [4.78, 5) is 59.2. The number of aromatic nitrogens is 2. The van der Waals surface area contributed by atoms with E-state index in [0.717, 1.165) is 41.5 Å². The Morgan fingerprint density at radius 1 is 0.656 bits per heavy atom. The van der Waals surface area contributed by atoms with Crippen molar-refractivity contribution in [3.8, 4) is 23.0 Å². The number of carbonyl (C=O) groups excluding carboxylic acids is 3. The van der Waals surface area contributed by atoms with Crippen LogP contribution in [0.5, 0.6) is 23.0 Å². The molecular formula is C39H34Cl4F4N4O10. The number of methoxy groups -OCH3 is 1. The number of hydrogen-bond donors (Lipinski definition) is 1. The number of nitrogens with zero attached hydrogens (tertiary/aromatic N) is 4. The molecule has 0 saturated heterocycles. The molecule has 6 rings (SSSR count). The van der Waals surface area contributed by atoms with E-state index >= 15 is 0 Å². The quantitative estimate of drug-likeness (QED) is 0.0744. The molecule has 61 heavy (non-hydrogen) atoms. The van der Waals surface area contributed by atoms with E-state index in [-0.39, 0.29) is 72.2 Å². The molecule has 2 aliphatic rings. The average Bonchev–Trinajstić information content (AvgIpc) is 4.15. The SMILES string of the molecule is COC(=O)CN(C(=O)c1ccc(OC(F)F)c(OCC2CC2)c1)c1c(Cl)cncc1Cl.O=C(O)CN(C(=O)c1ccc(OC(F)F)c(OCC2CC2)c1)c1c(Cl)cncc1Cl. The highest BCUT2D eigenvalue weighted by Gasteiger charge is 2.30. The van der Waals surface area contributed by atoms with Crippen LogP contribution in [-0.4, -0.2) is 85.5 Å². The smallest absolute Gasteiger partial charge is 0.387 e. The molecule has 0 bridgehead atoms. The number of rotatable bonds is 18. The standard InChI is InChI=1S/C20H18Cl2F2N2O5.C19H16Cl2F2N2O5/c1-29-17(27)9-26(18-13(21)7-25-8-14(18)22)19(28)12-4-5-15(31-20(23)24)16(6-12)30-10-11-2-3-11;20-12-6-24-7-13(21)17(12)25(8-16(26)27)18(28)11-3-4-14(30-19(22)23)15(5-11)29-9-10-1-2-10/h4-8,11,20H,2-3,9-10H2,1H3;3-7,10,19H,1-2,8-9H2,(H,26,27). The highest BCUT2D eigenvalue weighted by molar-refractivity contribution is 6.41. The van der Waals surface area contributed by atoms with E-state index in [9.17, 15) is 41.8 Å². The molecule has 2 aromatic heterocycles. The molecule has 0 spiro atoms. The van der Waals surface area contributed by atoms with Gasteiger partial charge < -0.3 is 28.8 Å². The summed E-state index contributed by atoms with van der Waals surface area (Å²) in [5.41, 5.74) is 0.0454. The zero-order chi connectivity index (χ0) is 44.4. The second-order valence-electron chi connectivity index (χ2n) is 13.2. The minimum atomic E-state index is -3.08. The number of aliphatic carboxylic acids is 1. The molecule has 2 saturated carbocycles. The Balaban J connectivity index is 0.000000231. The van der Waals surface area contributed by atoms with Gasteiger partial charge in [-0.15, -0.1) is 0 Å². The van der Waals surface area contributed by atoms with Crippen LogP contribution < -0.4 is 28.7 Å². The molecule has 4 aromatic rings. The molecule has 0 radical (unpaired) electrons. The summed E-state index contributed by atoms with van der Waals surface area (Å²) in [6, 6.07) is 7.36. The summed E-state index contributed by atoms with van der Waals surface area (Å²) >= 11 is 24.5. The molecule has 2 amide bonds. The van der Waals surface area contributed by atoms with E-state index in [2.05, 4.69) is 24.2 Å². The minimum Gasteiger partial charge on any atom is -0.489 e. The maximum absolute atomic E-state index is 13.3. The Kier molecular flexibility index (Phi) is 16.5. The number of carboxylic acids is 1. The zero-order valence-corrected chi connectivity index (χ0v) is 34.7. The summed E-state index contributed by atoms with van der Waals surface area (Å²) in [7, 11) is 1.17. The first-order chi connectivity index (χ1) is 29.1. The van der Waals surface area contributed by atoms with Crippen LogP contribution in [0, 0.1) is 11.8 Å². The number of halogens is 8. The van der Waals surface area contributed by atoms with Crippen molar-refractivity contribution >= 4 is 81.5 Å².